The second-order valence-electron chi connectivity index (χ2n) is 4.24. The Hall–Kier alpha value is -1.57. The number of ether oxygens (including phenoxy) is 2. The zero-order valence-corrected chi connectivity index (χ0v) is 11.5. The van der Waals surface area contributed by atoms with E-state index in [4.69, 9.17) is 14.7 Å². The summed E-state index contributed by atoms with van der Waals surface area (Å²) in [6, 6.07) is 9.72. The highest BCUT2D eigenvalue weighted by atomic mass is 16.5. The molecule has 0 aromatic heterocycles. The molecule has 0 aliphatic heterocycles. The number of nitrogens with zero attached hydrogens (tertiary/aromatic N) is 1. The monoisotopic (exact) mass is 262 g/mol. The molecule has 0 saturated carbocycles. The fraction of sp³-hybridized carbons (Fsp3) is 0.533. The molecule has 0 amide bonds. The van der Waals surface area contributed by atoms with Crippen molar-refractivity contribution in [1.82, 2.24) is 5.32 Å². The van der Waals surface area contributed by atoms with Crippen LogP contribution in [0.1, 0.15) is 25.3 Å². The first-order valence-electron chi connectivity index (χ1n) is 6.74. The summed E-state index contributed by atoms with van der Waals surface area (Å²) in [4.78, 5) is 0. The van der Waals surface area contributed by atoms with Gasteiger partial charge in [-0.15, -0.1) is 0 Å². The molecule has 4 nitrogen and oxygen atoms in total. The van der Waals surface area contributed by atoms with Gasteiger partial charge in [-0.1, -0.05) is 25.5 Å². The van der Waals surface area contributed by atoms with E-state index in [9.17, 15) is 0 Å². The molecule has 1 rings (SSSR count). The number of nitriles is 1. The first kappa shape index (κ1) is 15.5. The predicted molar refractivity (Wildman–Crippen MR) is 75.0 cm³/mol. The van der Waals surface area contributed by atoms with E-state index < -0.39 is 0 Å². The Morgan fingerprint density at radius 3 is 3.00 bits per heavy atom. The zero-order chi connectivity index (χ0) is 13.8. The van der Waals surface area contributed by atoms with Gasteiger partial charge in [-0.3, -0.25) is 0 Å². The number of benzene rings is 1. The third kappa shape index (κ3) is 7.45. The summed E-state index contributed by atoms with van der Waals surface area (Å²) in [6.07, 6.45) is 2.29. The normalized spacial score (nSPS) is 10.1. The van der Waals surface area contributed by atoms with Gasteiger partial charge < -0.3 is 14.8 Å². The summed E-state index contributed by atoms with van der Waals surface area (Å²) in [7, 11) is 0. The third-order valence-corrected chi connectivity index (χ3v) is 2.60. The number of hydrogen-bond donors (Lipinski definition) is 1. The Bertz CT molecular complexity index is 388. The number of hydrogen-bond acceptors (Lipinski definition) is 4. The fourth-order valence-electron chi connectivity index (χ4n) is 1.59. The molecule has 104 valence electrons. The summed E-state index contributed by atoms with van der Waals surface area (Å²) in [5.74, 6) is 0.736. The highest BCUT2D eigenvalue weighted by Gasteiger charge is 1.97. The van der Waals surface area contributed by atoms with Crippen molar-refractivity contribution in [1.29, 1.82) is 5.26 Å². The van der Waals surface area contributed by atoms with Crippen LogP contribution in [0.25, 0.3) is 0 Å². The molecule has 19 heavy (non-hydrogen) atoms. The Labute approximate surface area is 115 Å². The predicted octanol–water partition coefficient (Wildman–Crippen LogP) is 2.50. The van der Waals surface area contributed by atoms with Crippen LogP contribution < -0.4 is 10.1 Å². The molecular weight excluding hydrogens is 240 g/mol. The zero-order valence-electron chi connectivity index (χ0n) is 11.5. The van der Waals surface area contributed by atoms with Gasteiger partial charge in [0.2, 0.25) is 0 Å². The lowest BCUT2D eigenvalue weighted by atomic mass is 10.2. The fourth-order valence-corrected chi connectivity index (χ4v) is 1.59. The number of rotatable bonds is 10. The number of unbranched alkanes of at least 4 members (excludes halogenated alkanes) is 1. The van der Waals surface area contributed by atoms with E-state index in [1.54, 1.807) is 0 Å². The van der Waals surface area contributed by atoms with Crippen molar-refractivity contribution in [3.63, 3.8) is 0 Å². The smallest absolute Gasteiger partial charge is 0.174 e. The van der Waals surface area contributed by atoms with E-state index in [-0.39, 0.29) is 6.61 Å². The number of nitrogens with one attached hydrogen (secondary N) is 1. The Kier molecular flexibility index (Phi) is 8.45. The first-order chi connectivity index (χ1) is 9.36. The summed E-state index contributed by atoms with van der Waals surface area (Å²) >= 11 is 0. The van der Waals surface area contributed by atoms with Crippen molar-refractivity contribution in [2.24, 2.45) is 0 Å². The van der Waals surface area contributed by atoms with E-state index in [1.807, 2.05) is 30.3 Å². The highest BCUT2D eigenvalue weighted by molar-refractivity contribution is 5.28. The first-order valence-corrected chi connectivity index (χ1v) is 6.74. The van der Waals surface area contributed by atoms with Crippen molar-refractivity contribution in [3.8, 4) is 11.8 Å². The minimum atomic E-state index is 0.0855. The van der Waals surface area contributed by atoms with E-state index >= 15 is 0 Å². The maximum absolute atomic E-state index is 8.46. The second kappa shape index (κ2) is 10.4. The molecular formula is C15H22N2O2. The third-order valence-electron chi connectivity index (χ3n) is 2.60. The Morgan fingerprint density at radius 2 is 2.21 bits per heavy atom. The van der Waals surface area contributed by atoms with E-state index in [0.29, 0.717) is 0 Å². The summed E-state index contributed by atoms with van der Waals surface area (Å²) in [6.45, 7) is 5.44. The lowest BCUT2D eigenvalue weighted by Gasteiger charge is -2.07. The summed E-state index contributed by atoms with van der Waals surface area (Å²) < 4.78 is 10.7. The van der Waals surface area contributed by atoms with E-state index in [0.717, 1.165) is 44.0 Å². The van der Waals surface area contributed by atoms with Crippen LogP contribution >= 0.6 is 0 Å². The van der Waals surface area contributed by atoms with Gasteiger partial charge in [-0.2, -0.15) is 5.26 Å². The van der Waals surface area contributed by atoms with Crippen molar-refractivity contribution in [2.45, 2.75) is 26.3 Å². The van der Waals surface area contributed by atoms with Gasteiger partial charge in [0.15, 0.2) is 6.61 Å². The van der Waals surface area contributed by atoms with Gasteiger partial charge in [0, 0.05) is 19.7 Å². The van der Waals surface area contributed by atoms with Crippen molar-refractivity contribution < 1.29 is 9.47 Å². The molecule has 0 fully saturated rings. The maximum Gasteiger partial charge on any atom is 0.174 e. The molecule has 0 aliphatic carbocycles. The molecule has 0 saturated heterocycles. The van der Waals surface area contributed by atoms with Crippen LogP contribution in [0.5, 0.6) is 5.75 Å². The molecule has 1 aromatic rings. The highest BCUT2D eigenvalue weighted by Crippen LogP contribution is 2.12. The molecule has 1 aromatic carbocycles. The minimum absolute atomic E-state index is 0.0855. The quantitative estimate of drug-likeness (QED) is 0.658. The van der Waals surface area contributed by atoms with Crippen LogP contribution in [-0.2, 0) is 11.3 Å². The maximum atomic E-state index is 8.46. The molecule has 0 unspecified atom stereocenters. The van der Waals surface area contributed by atoms with Crippen LogP contribution in [0.2, 0.25) is 0 Å². The Morgan fingerprint density at radius 1 is 1.32 bits per heavy atom. The van der Waals surface area contributed by atoms with E-state index in [2.05, 4.69) is 12.2 Å². The molecule has 0 heterocycles. The Balaban J connectivity index is 2.16. The summed E-state index contributed by atoms with van der Waals surface area (Å²) in [5.41, 5.74) is 1.14. The molecule has 1 N–H and O–H groups in total. The van der Waals surface area contributed by atoms with Crippen LogP contribution in [-0.4, -0.2) is 26.4 Å². The average Bonchev–Trinajstić information content (AvgIpc) is 2.44. The SMILES string of the molecule is CCCCOCCNCc1cccc(OCC#N)c1. The lowest BCUT2D eigenvalue weighted by molar-refractivity contribution is 0.133. The molecule has 0 radical (unpaired) electrons. The minimum Gasteiger partial charge on any atom is -0.479 e. The standard InChI is InChI=1S/C15H22N2O2/c1-2-3-9-18-11-8-17-13-14-5-4-6-15(12-14)19-10-7-16/h4-6,12,17H,2-3,8-11,13H2,1H3. The van der Waals surface area contributed by atoms with Gasteiger partial charge in [0.25, 0.3) is 0 Å². The molecule has 4 heteroatoms. The lowest BCUT2D eigenvalue weighted by Crippen LogP contribution is -2.19. The van der Waals surface area contributed by atoms with Gasteiger partial charge >= 0.3 is 0 Å². The van der Waals surface area contributed by atoms with Crippen LogP contribution in [0.15, 0.2) is 24.3 Å². The molecule has 0 bridgehead atoms. The molecule has 0 spiro atoms. The average molecular weight is 262 g/mol. The van der Waals surface area contributed by atoms with E-state index in [1.165, 1.54) is 6.42 Å². The van der Waals surface area contributed by atoms with Gasteiger partial charge in [-0.25, -0.2) is 0 Å². The van der Waals surface area contributed by atoms with Crippen LogP contribution in [0.3, 0.4) is 0 Å². The molecule has 0 atom stereocenters. The van der Waals surface area contributed by atoms with Crippen molar-refractivity contribution >= 4 is 0 Å². The van der Waals surface area contributed by atoms with Gasteiger partial charge in [-0.05, 0) is 24.1 Å². The van der Waals surface area contributed by atoms with Gasteiger partial charge in [0.05, 0.1) is 6.61 Å². The largest absolute Gasteiger partial charge is 0.479 e. The van der Waals surface area contributed by atoms with Gasteiger partial charge in [0.1, 0.15) is 11.8 Å². The summed E-state index contributed by atoms with van der Waals surface area (Å²) in [5, 5.41) is 11.8. The second-order valence-corrected chi connectivity index (χ2v) is 4.24. The van der Waals surface area contributed by atoms with Crippen LogP contribution in [0.4, 0.5) is 0 Å². The van der Waals surface area contributed by atoms with Crippen molar-refractivity contribution in [3.05, 3.63) is 29.8 Å². The molecule has 0 aliphatic rings. The topological polar surface area (TPSA) is 54.3 Å². The van der Waals surface area contributed by atoms with Crippen molar-refractivity contribution in [2.75, 3.05) is 26.4 Å². The van der Waals surface area contributed by atoms with Crippen LogP contribution in [0, 0.1) is 11.3 Å².